The van der Waals surface area contributed by atoms with Crippen molar-refractivity contribution < 1.29 is 4.79 Å². The van der Waals surface area contributed by atoms with Gasteiger partial charge >= 0.3 is 0 Å². The lowest BCUT2D eigenvalue weighted by atomic mass is 10.1. The van der Waals surface area contributed by atoms with Crippen LogP contribution in [0.15, 0.2) is 30.3 Å². The molecule has 0 unspecified atom stereocenters. The highest BCUT2D eigenvalue weighted by Crippen LogP contribution is 2.33. The van der Waals surface area contributed by atoms with Gasteiger partial charge in [0, 0.05) is 18.7 Å². The number of hydrogen-bond donors (Lipinski definition) is 2. The standard InChI is InChI=1S/C15H18N4O/c1-10-5-3-4-6-11(10)12-9-13(19(2)18-12)17-14(20)15(16)7-8-15/h3-6,9H,7-8,16H2,1-2H3,(H,17,20). The molecule has 0 aliphatic heterocycles. The molecular weight excluding hydrogens is 252 g/mol. The van der Waals surface area contributed by atoms with Crippen LogP contribution in [-0.2, 0) is 11.8 Å². The number of aryl methyl sites for hydroxylation is 2. The normalized spacial score (nSPS) is 15.9. The van der Waals surface area contributed by atoms with Gasteiger partial charge in [0.1, 0.15) is 5.82 Å². The number of nitrogens with zero attached hydrogens (tertiary/aromatic N) is 2. The molecular formula is C15H18N4O. The lowest BCUT2D eigenvalue weighted by Crippen LogP contribution is -2.38. The fraction of sp³-hybridized carbons (Fsp3) is 0.333. The van der Waals surface area contributed by atoms with Crippen LogP contribution in [-0.4, -0.2) is 21.2 Å². The monoisotopic (exact) mass is 270 g/mol. The first kappa shape index (κ1) is 12.9. The number of amides is 1. The Kier molecular flexibility index (Phi) is 2.87. The summed E-state index contributed by atoms with van der Waals surface area (Å²) in [6.45, 7) is 2.04. The van der Waals surface area contributed by atoms with Gasteiger partial charge in [-0.2, -0.15) is 5.10 Å². The Bertz CT molecular complexity index is 670. The number of nitrogens with two attached hydrogens (primary N) is 1. The Balaban J connectivity index is 1.88. The van der Waals surface area contributed by atoms with E-state index in [4.69, 9.17) is 5.73 Å². The molecule has 1 heterocycles. The molecule has 3 N–H and O–H groups in total. The summed E-state index contributed by atoms with van der Waals surface area (Å²) in [5, 5.41) is 7.32. The lowest BCUT2D eigenvalue weighted by Gasteiger charge is -2.09. The summed E-state index contributed by atoms with van der Waals surface area (Å²) < 4.78 is 1.67. The molecule has 20 heavy (non-hydrogen) atoms. The Morgan fingerprint density at radius 2 is 2.10 bits per heavy atom. The first-order valence-corrected chi connectivity index (χ1v) is 6.70. The van der Waals surface area contributed by atoms with Crippen molar-refractivity contribution >= 4 is 11.7 Å². The van der Waals surface area contributed by atoms with Gasteiger partial charge in [-0.1, -0.05) is 24.3 Å². The van der Waals surface area contributed by atoms with Gasteiger partial charge in [-0.15, -0.1) is 0 Å². The van der Waals surface area contributed by atoms with E-state index < -0.39 is 5.54 Å². The maximum Gasteiger partial charge on any atom is 0.245 e. The number of carbonyl (C=O) groups is 1. The van der Waals surface area contributed by atoms with Crippen LogP contribution in [0.3, 0.4) is 0 Å². The third kappa shape index (κ3) is 2.20. The van der Waals surface area contributed by atoms with Crippen LogP contribution in [0.2, 0.25) is 0 Å². The summed E-state index contributed by atoms with van der Waals surface area (Å²) >= 11 is 0. The van der Waals surface area contributed by atoms with Gasteiger partial charge in [0.25, 0.3) is 0 Å². The van der Waals surface area contributed by atoms with Crippen LogP contribution >= 0.6 is 0 Å². The van der Waals surface area contributed by atoms with E-state index in [2.05, 4.69) is 10.4 Å². The molecule has 5 nitrogen and oxygen atoms in total. The van der Waals surface area contributed by atoms with Gasteiger partial charge in [-0.3, -0.25) is 9.48 Å². The third-order valence-electron chi connectivity index (χ3n) is 3.78. The molecule has 104 valence electrons. The van der Waals surface area contributed by atoms with Crippen LogP contribution in [0.25, 0.3) is 11.3 Å². The fourth-order valence-electron chi connectivity index (χ4n) is 2.18. The molecule has 0 radical (unpaired) electrons. The minimum Gasteiger partial charge on any atom is -0.317 e. The van der Waals surface area contributed by atoms with E-state index in [1.54, 1.807) is 4.68 Å². The predicted octanol–water partition coefficient (Wildman–Crippen LogP) is 1.83. The highest BCUT2D eigenvalue weighted by Gasteiger charge is 2.46. The molecule has 0 saturated heterocycles. The molecule has 1 aromatic heterocycles. The number of benzene rings is 1. The summed E-state index contributed by atoms with van der Waals surface area (Å²) in [5.74, 6) is 0.543. The highest BCUT2D eigenvalue weighted by molar-refractivity contribution is 5.99. The van der Waals surface area contributed by atoms with Crippen molar-refractivity contribution in [3.8, 4) is 11.3 Å². The van der Waals surface area contributed by atoms with Crippen molar-refractivity contribution in [3.63, 3.8) is 0 Å². The van der Waals surface area contributed by atoms with Gasteiger partial charge in [0.05, 0.1) is 11.2 Å². The van der Waals surface area contributed by atoms with Crippen LogP contribution < -0.4 is 11.1 Å². The summed E-state index contributed by atoms with van der Waals surface area (Å²) in [6.07, 6.45) is 1.50. The summed E-state index contributed by atoms with van der Waals surface area (Å²) in [5.41, 5.74) is 8.29. The number of carbonyl (C=O) groups excluding carboxylic acids is 1. The van der Waals surface area contributed by atoms with Gasteiger partial charge in [0.2, 0.25) is 5.91 Å². The zero-order valence-electron chi connectivity index (χ0n) is 11.7. The van der Waals surface area contributed by atoms with Gasteiger partial charge in [0.15, 0.2) is 0 Å². The topological polar surface area (TPSA) is 72.9 Å². The second-order valence-corrected chi connectivity index (χ2v) is 5.46. The number of nitrogens with one attached hydrogen (secondary N) is 1. The molecule has 0 spiro atoms. The molecule has 1 fully saturated rings. The molecule has 0 bridgehead atoms. The van der Waals surface area contributed by atoms with Crippen molar-refractivity contribution in [1.29, 1.82) is 0 Å². The smallest absolute Gasteiger partial charge is 0.245 e. The lowest BCUT2D eigenvalue weighted by molar-refractivity contribution is -0.118. The summed E-state index contributed by atoms with van der Waals surface area (Å²) in [6, 6.07) is 9.92. The average Bonchev–Trinajstić information content (AvgIpc) is 3.07. The highest BCUT2D eigenvalue weighted by atomic mass is 16.2. The average molecular weight is 270 g/mol. The minimum atomic E-state index is -0.674. The number of aromatic nitrogens is 2. The molecule has 1 aromatic carbocycles. The van der Waals surface area contributed by atoms with E-state index in [9.17, 15) is 4.79 Å². The second kappa shape index (κ2) is 4.45. The first-order chi connectivity index (χ1) is 9.49. The van der Waals surface area contributed by atoms with E-state index in [1.807, 2.05) is 44.3 Å². The third-order valence-corrected chi connectivity index (χ3v) is 3.78. The predicted molar refractivity (Wildman–Crippen MR) is 78.2 cm³/mol. The van der Waals surface area contributed by atoms with Crippen LogP contribution in [0.5, 0.6) is 0 Å². The summed E-state index contributed by atoms with van der Waals surface area (Å²) in [7, 11) is 1.81. The van der Waals surface area contributed by atoms with Crippen molar-refractivity contribution in [2.24, 2.45) is 12.8 Å². The van der Waals surface area contributed by atoms with Gasteiger partial charge in [-0.05, 0) is 25.3 Å². The molecule has 1 amide bonds. The Morgan fingerprint density at radius 3 is 2.75 bits per heavy atom. The Labute approximate surface area is 117 Å². The maximum absolute atomic E-state index is 12.0. The summed E-state index contributed by atoms with van der Waals surface area (Å²) in [4.78, 5) is 12.0. The molecule has 1 aliphatic rings. The zero-order valence-corrected chi connectivity index (χ0v) is 11.7. The first-order valence-electron chi connectivity index (χ1n) is 6.70. The van der Waals surface area contributed by atoms with Gasteiger partial charge in [-0.25, -0.2) is 0 Å². The largest absolute Gasteiger partial charge is 0.317 e. The van der Waals surface area contributed by atoms with E-state index in [0.29, 0.717) is 5.82 Å². The van der Waals surface area contributed by atoms with Crippen LogP contribution in [0.4, 0.5) is 5.82 Å². The Hall–Kier alpha value is -2.14. The molecule has 1 saturated carbocycles. The van der Waals surface area contributed by atoms with Crippen LogP contribution in [0, 0.1) is 6.92 Å². The van der Waals surface area contributed by atoms with Crippen molar-refractivity contribution in [3.05, 3.63) is 35.9 Å². The fourth-order valence-corrected chi connectivity index (χ4v) is 2.18. The second-order valence-electron chi connectivity index (χ2n) is 5.46. The van der Waals surface area contributed by atoms with E-state index in [-0.39, 0.29) is 5.91 Å². The van der Waals surface area contributed by atoms with Crippen molar-refractivity contribution in [2.45, 2.75) is 25.3 Å². The number of rotatable bonds is 3. The molecule has 2 aromatic rings. The molecule has 0 atom stereocenters. The van der Waals surface area contributed by atoms with E-state index in [1.165, 1.54) is 0 Å². The van der Waals surface area contributed by atoms with Crippen molar-refractivity contribution in [1.82, 2.24) is 9.78 Å². The quantitative estimate of drug-likeness (QED) is 0.893. The van der Waals surface area contributed by atoms with Crippen molar-refractivity contribution in [2.75, 3.05) is 5.32 Å². The van der Waals surface area contributed by atoms with E-state index in [0.717, 1.165) is 29.7 Å². The van der Waals surface area contributed by atoms with E-state index >= 15 is 0 Å². The van der Waals surface area contributed by atoms with Crippen LogP contribution in [0.1, 0.15) is 18.4 Å². The number of anilines is 1. The Morgan fingerprint density at radius 1 is 1.40 bits per heavy atom. The number of hydrogen-bond acceptors (Lipinski definition) is 3. The maximum atomic E-state index is 12.0. The molecule has 3 rings (SSSR count). The SMILES string of the molecule is Cc1ccccc1-c1cc(NC(=O)C2(N)CC2)n(C)n1. The molecule has 1 aliphatic carbocycles. The van der Waals surface area contributed by atoms with Gasteiger partial charge < -0.3 is 11.1 Å². The zero-order chi connectivity index (χ0) is 14.3. The molecule has 5 heteroatoms. The minimum absolute atomic E-state index is 0.128.